The molecule has 1 N–H and O–H groups in total. The van der Waals surface area contributed by atoms with Gasteiger partial charge in [-0.15, -0.1) is 0 Å². The maximum Gasteiger partial charge on any atom is 0.240 e. The summed E-state index contributed by atoms with van der Waals surface area (Å²) < 4.78 is 25.9. The van der Waals surface area contributed by atoms with E-state index in [9.17, 15) is 8.42 Å². The molecule has 3 nitrogen and oxygen atoms in total. The fourth-order valence-electron chi connectivity index (χ4n) is 2.09. The fraction of sp³-hybridized carbons (Fsp3) is 0.500. The van der Waals surface area contributed by atoms with Crippen molar-refractivity contribution in [3.8, 4) is 0 Å². The van der Waals surface area contributed by atoms with Crippen LogP contribution >= 0.6 is 0 Å². The predicted octanol–water partition coefficient (Wildman–Crippen LogP) is 1.72. The quantitative estimate of drug-likeness (QED) is 0.854. The highest BCUT2D eigenvalue weighted by molar-refractivity contribution is 7.89. The van der Waals surface area contributed by atoms with E-state index in [4.69, 9.17) is 0 Å². The van der Waals surface area contributed by atoms with E-state index in [0.717, 1.165) is 18.4 Å². The van der Waals surface area contributed by atoms with Crippen molar-refractivity contribution in [3.63, 3.8) is 0 Å². The first kappa shape index (κ1) is 11.6. The van der Waals surface area contributed by atoms with Gasteiger partial charge in [0.15, 0.2) is 0 Å². The summed E-state index contributed by atoms with van der Waals surface area (Å²) in [7, 11) is -3.24. The van der Waals surface area contributed by atoms with Crippen molar-refractivity contribution in [2.75, 3.05) is 6.54 Å². The largest absolute Gasteiger partial charge is 0.240 e. The van der Waals surface area contributed by atoms with Crippen molar-refractivity contribution in [2.24, 2.45) is 5.92 Å². The lowest BCUT2D eigenvalue weighted by atomic mass is 10.00. The zero-order chi connectivity index (χ0) is 11.8. The minimum Gasteiger partial charge on any atom is -0.211 e. The fourth-order valence-corrected chi connectivity index (χ4v) is 3.37. The molecular formula is C12H17NO2S. The van der Waals surface area contributed by atoms with Gasteiger partial charge in [0.05, 0.1) is 4.90 Å². The summed E-state index contributed by atoms with van der Waals surface area (Å²) >= 11 is 0. The number of benzene rings is 1. The van der Waals surface area contributed by atoms with E-state index in [1.807, 2.05) is 12.1 Å². The lowest BCUT2D eigenvalue weighted by molar-refractivity contribution is 0.573. The van der Waals surface area contributed by atoms with Crippen molar-refractivity contribution in [1.82, 2.24) is 4.72 Å². The topological polar surface area (TPSA) is 46.2 Å². The van der Waals surface area contributed by atoms with Gasteiger partial charge in [0, 0.05) is 6.54 Å². The van der Waals surface area contributed by atoms with Gasteiger partial charge in [-0.25, -0.2) is 13.1 Å². The average Bonchev–Trinajstić information content (AvgIpc) is 2.15. The highest BCUT2D eigenvalue weighted by atomic mass is 32.2. The molecule has 0 saturated carbocycles. The third-order valence-corrected chi connectivity index (χ3v) is 4.31. The summed E-state index contributed by atoms with van der Waals surface area (Å²) in [5.74, 6) is 0.594. The molecule has 0 spiro atoms. The number of sulfonamides is 1. The first-order chi connectivity index (χ1) is 7.49. The monoisotopic (exact) mass is 239 g/mol. The van der Waals surface area contributed by atoms with Crippen LogP contribution in [0.4, 0.5) is 0 Å². The van der Waals surface area contributed by atoms with Gasteiger partial charge in [-0.3, -0.25) is 0 Å². The molecule has 0 atom stereocenters. The van der Waals surface area contributed by atoms with Gasteiger partial charge in [-0.05, 0) is 36.0 Å². The van der Waals surface area contributed by atoms with Gasteiger partial charge in [0.2, 0.25) is 10.0 Å². The molecule has 0 fully saturated rings. The second-order valence-corrected chi connectivity index (χ2v) is 6.42. The van der Waals surface area contributed by atoms with Gasteiger partial charge in [0.1, 0.15) is 0 Å². The van der Waals surface area contributed by atoms with E-state index in [-0.39, 0.29) is 0 Å². The smallest absolute Gasteiger partial charge is 0.211 e. The van der Waals surface area contributed by atoms with Gasteiger partial charge in [0.25, 0.3) is 0 Å². The minimum absolute atomic E-state index is 0.450. The van der Waals surface area contributed by atoms with Crippen LogP contribution in [0.15, 0.2) is 23.1 Å². The van der Waals surface area contributed by atoms with Crippen LogP contribution in [0.2, 0.25) is 0 Å². The molecule has 0 aromatic heterocycles. The molecule has 0 amide bonds. The first-order valence-electron chi connectivity index (χ1n) is 5.60. The van der Waals surface area contributed by atoms with Crippen molar-refractivity contribution in [2.45, 2.75) is 31.6 Å². The highest BCUT2D eigenvalue weighted by Crippen LogP contribution is 2.22. The molecule has 0 aliphatic carbocycles. The Labute approximate surface area is 96.9 Å². The van der Waals surface area contributed by atoms with Crippen LogP contribution in [0.3, 0.4) is 0 Å². The van der Waals surface area contributed by atoms with E-state index in [2.05, 4.69) is 18.6 Å². The molecule has 2 rings (SSSR count). The standard InChI is InChI=1S/C12H17NO2S/c1-9(2)7-10-3-4-12-11(8-10)5-6-13-16(12,14)15/h3-4,8-9,13H,5-7H2,1-2H3. The van der Waals surface area contributed by atoms with Crippen molar-refractivity contribution in [1.29, 1.82) is 0 Å². The minimum atomic E-state index is -3.24. The van der Waals surface area contributed by atoms with E-state index in [1.165, 1.54) is 5.56 Å². The maximum atomic E-state index is 11.7. The summed E-state index contributed by atoms with van der Waals surface area (Å²) in [4.78, 5) is 0.450. The molecule has 88 valence electrons. The molecule has 1 aliphatic heterocycles. The Morgan fingerprint density at radius 3 is 2.81 bits per heavy atom. The third-order valence-electron chi connectivity index (χ3n) is 2.74. The van der Waals surface area contributed by atoms with E-state index in [1.54, 1.807) is 6.07 Å². The average molecular weight is 239 g/mol. The maximum absolute atomic E-state index is 11.7. The Morgan fingerprint density at radius 2 is 2.12 bits per heavy atom. The van der Waals surface area contributed by atoms with Gasteiger partial charge >= 0.3 is 0 Å². The third kappa shape index (κ3) is 2.28. The van der Waals surface area contributed by atoms with Crippen LogP contribution in [0.5, 0.6) is 0 Å². The second kappa shape index (κ2) is 4.18. The lowest BCUT2D eigenvalue weighted by Gasteiger charge is -2.18. The molecule has 1 aliphatic rings. The Morgan fingerprint density at radius 1 is 1.38 bits per heavy atom. The zero-order valence-electron chi connectivity index (χ0n) is 9.66. The summed E-state index contributed by atoms with van der Waals surface area (Å²) in [6.45, 7) is 4.84. The normalized spacial score (nSPS) is 18.4. The number of rotatable bonds is 2. The summed E-state index contributed by atoms with van der Waals surface area (Å²) in [6, 6.07) is 5.69. The first-order valence-corrected chi connectivity index (χ1v) is 7.09. The van der Waals surface area contributed by atoms with Crippen LogP contribution in [-0.4, -0.2) is 15.0 Å². The lowest BCUT2D eigenvalue weighted by Crippen LogP contribution is -2.31. The predicted molar refractivity (Wildman–Crippen MR) is 63.9 cm³/mol. The Kier molecular flexibility index (Phi) is 3.04. The molecule has 0 unspecified atom stereocenters. The Balaban J connectivity index is 2.40. The summed E-state index contributed by atoms with van der Waals surface area (Å²) in [6.07, 6.45) is 1.79. The number of hydrogen-bond donors (Lipinski definition) is 1. The van der Waals surface area contributed by atoms with Crippen LogP contribution in [0, 0.1) is 5.92 Å². The van der Waals surface area contributed by atoms with Crippen molar-refractivity contribution in [3.05, 3.63) is 29.3 Å². The van der Waals surface area contributed by atoms with Gasteiger partial charge in [-0.2, -0.15) is 0 Å². The summed E-state index contributed by atoms with van der Waals surface area (Å²) in [5, 5.41) is 0. The van der Waals surface area contributed by atoms with Crippen LogP contribution in [0.25, 0.3) is 0 Å². The molecule has 4 heteroatoms. The van der Waals surface area contributed by atoms with Crippen molar-refractivity contribution < 1.29 is 8.42 Å². The number of nitrogens with one attached hydrogen (secondary N) is 1. The van der Waals surface area contributed by atoms with Gasteiger partial charge in [-0.1, -0.05) is 26.0 Å². The van der Waals surface area contributed by atoms with E-state index < -0.39 is 10.0 Å². The zero-order valence-corrected chi connectivity index (χ0v) is 10.5. The SMILES string of the molecule is CC(C)Cc1ccc2c(c1)CCNS2(=O)=O. The molecule has 0 saturated heterocycles. The molecule has 0 radical (unpaired) electrons. The van der Waals surface area contributed by atoms with Crippen LogP contribution < -0.4 is 4.72 Å². The molecular weight excluding hydrogens is 222 g/mol. The molecule has 1 aromatic rings. The molecule has 1 heterocycles. The van der Waals surface area contributed by atoms with Crippen molar-refractivity contribution >= 4 is 10.0 Å². The molecule has 1 aromatic carbocycles. The molecule has 16 heavy (non-hydrogen) atoms. The molecule has 0 bridgehead atoms. The van der Waals surface area contributed by atoms with Crippen LogP contribution in [-0.2, 0) is 22.9 Å². The highest BCUT2D eigenvalue weighted by Gasteiger charge is 2.22. The number of fused-ring (bicyclic) bond motifs is 1. The summed E-state index contributed by atoms with van der Waals surface area (Å²) in [5.41, 5.74) is 2.18. The second-order valence-electron chi connectivity index (χ2n) is 4.69. The van der Waals surface area contributed by atoms with E-state index in [0.29, 0.717) is 17.4 Å². The Hall–Kier alpha value is -0.870. The number of hydrogen-bond acceptors (Lipinski definition) is 2. The van der Waals surface area contributed by atoms with E-state index >= 15 is 0 Å². The van der Waals surface area contributed by atoms with Crippen LogP contribution in [0.1, 0.15) is 25.0 Å². The van der Waals surface area contributed by atoms with Gasteiger partial charge < -0.3 is 0 Å². The Bertz CT molecular complexity index is 492.